The summed E-state index contributed by atoms with van der Waals surface area (Å²) in [5, 5.41) is 2.73. The van der Waals surface area contributed by atoms with Crippen LogP contribution in [0.1, 0.15) is 31.9 Å². The number of morpholine rings is 1. The van der Waals surface area contributed by atoms with Crippen molar-refractivity contribution in [3.8, 4) is 17.1 Å². The Labute approximate surface area is 245 Å². The molecular weight excluding hydrogens is 552 g/mol. The molecule has 1 aromatic heterocycles. The van der Waals surface area contributed by atoms with E-state index in [9.17, 15) is 13.2 Å². The molecule has 1 amide bonds. The van der Waals surface area contributed by atoms with E-state index in [1.807, 2.05) is 30.3 Å². The van der Waals surface area contributed by atoms with Crippen LogP contribution in [0.3, 0.4) is 0 Å². The highest BCUT2D eigenvalue weighted by Gasteiger charge is 2.52. The van der Waals surface area contributed by atoms with Gasteiger partial charge in [-0.25, -0.2) is 23.2 Å². The fraction of sp³-hybridized carbons (Fsp3) is 0.281. The highest BCUT2D eigenvalue weighted by molar-refractivity contribution is 7.92. The van der Waals surface area contributed by atoms with Crippen molar-refractivity contribution in [2.24, 2.45) is 0 Å². The van der Waals surface area contributed by atoms with Gasteiger partial charge in [-0.3, -0.25) is 5.32 Å². The number of hydrogen-bond acceptors (Lipinski definition) is 8. The normalized spacial score (nSPS) is 18.1. The number of carbonyl (C=O) groups excluding carboxylic acids is 1. The lowest BCUT2D eigenvalue weighted by Crippen LogP contribution is -2.46. The van der Waals surface area contributed by atoms with Gasteiger partial charge in [0.25, 0.3) is 0 Å². The fourth-order valence-electron chi connectivity index (χ4n) is 5.44. The summed E-state index contributed by atoms with van der Waals surface area (Å²) >= 11 is 0. The average molecular weight is 585 g/mol. The van der Waals surface area contributed by atoms with Crippen LogP contribution in [-0.4, -0.2) is 50.3 Å². The predicted octanol–water partition coefficient (Wildman–Crippen LogP) is 5.83. The third-order valence-electron chi connectivity index (χ3n) is 7.91. The number of benzene rings is 3. The maximum absolute atomic E-state index is 14.1. The van der Waals surface area contributed by atoms with Gasteiger partial charge in [-0.15, -0.1) is 0 Å². The molecule has 1 atom stereocenters. The van der Waals surface area contributed by atoms with Crippen LogP contribution in [0, 0.1) is 0 Å². The number of aromatic nitrogens is 2. The van der Waals surface area contributed by atoms with Crippen molar-refractivity contribution in [1.29, 1.82) is 0 Å². The van der Waals surface area contributed by atoms with Gasteiger partial charge in [-0.2, -0.15) is 0 Å². The van der Waals surface area contributed by atoms with Crippen LogP contribution >= 0.6 is 0 Å². The standard InChI is InChI=1S/C32H32N4O5S/c1-23-22-40-20-19-36(23)29-21-28(32(17-8-18-32)42(38,39)27-11-6-3-7-12-27)34-30(35-29)24-13-15-25(16-14-24)33-31(37)41-26-9-4-2-5-10-26/h2-7,9-16,21,23H,8,17-20,22H2,1H3,(H,33,37)/t23-/m0/s1. The Morgan fingerprint density at radius 3 is 2.31 bits per heavy atom. The van der Waals surface area contributed by atoms with Gasteiger partial charge >= 0.3 is 6.09 Å². The number of para-hydroxylation sites is 1. The molecular formula is C32H32N4O5S. The Kier molecular flexibility index (Phi) is 7.66. The van der Waals surface area contributed by atoms with E-state index < -0.39 is 20.7 Å². The van der Waals surface area contributed by atoms with Crippen LogP contribution in [-0.2, 0) is 19.3 Å². The molecule has 1 saturated carbocycles. The Bertz CT molecular complexity index is 1660. The quantitative estimate of drug-likeness (QED) is 0.289. The summed E-state index contributed by atoms with van der Waals surface area (Å²) in [7, 11) is -3.72. The van der Waals surface area contributed by atoms with Crippen LogP contribution in [0.5, 0.6) is 5.75 Å². The largest absolute Gasteiger partial charge is 0.417 e. The van der Waals surface area contributed by atoms with Crippen molar-refractivity contribution < 1.29 is 22.7 Å². The molecule has 0 unspecified atom stereocenters. The van der Waals surface area contributed by atoms with E-state index in [1.54, 1.807) is 60.7 Å². The Morgan fingerprint density at radius 1 is 0.976 bits per heavy atom. The van der Waals surface area contributed by atoms with E-state index in [-0.39, 0.29) is 6.04 Å². The van der Waals surface area contributed by atoms with Crippen molar-refractivity contribution in [2.45, 2.75) is 41.9 Å². The molecule has 1 aliphatic heterocycles. The average Bonchev–Trinajstić information content (AvgIpc) is 2.98. The lowest BCUT2D eigenvalue weighted by molar-refractivity contribution is 0.0985. The van der Waals surface area contributed by atoms with Gasteiger partial charge in [-0.1, -0.05) is 36.4 Å². The number of rotatable bonds is 7. The van der Waals surface area contributed by atoms with Crippen molar-refractivity contribution in [3.05, 3.63) is 96.7 Å². The molecule has 0 bridgehead atoms. The Hall–Kier alpha value is -4.28. The van der Waals surface area contributed by atoms with Crippen molar-refractivity contribution in [1.82, 2.24) is 9.97 Å². The minimum atomic E-state index is -3.72. The van der Waals surface area contributed by atoms with Crippen molar-refractivity contribution in [2.75, 3.05) is 30.0 Å². The lowest BCUT2D eigenvalue weighted by atomic mass is 9.81. The molecule has 10 heteroatoms. The first-order chi connectivity index (χ1) is 20.4. The number of anilines is 2. The van der Waals surface area contributed by atoms with Gasteiger partial charge in [0.05, 0.1) is 29.8 Å². The SMILES string of the molecule is C[C@H]1COCCN1c1cc(C2(S(=O)(=O)c3ccccc3)CCC2)nc(-c2ccc(NC(=O)Oc3ccccc3)cc2)n1. The molecule has 4 aromatic rings. The number of nitrogens with zero attached hydrogens (tertiary/aromatic N) is 3. The van der Waals surface area contributed by atoms with Gasteiger partial charge in [0.2, 0.25) is 0 Å². The van der Waals surface area contributed by atoms with Crippen LogP contribution in [0.2, 0.25) is 0 Å². The Morgan fingerprint density at radius 2 is 1.67 bits per heavy atom. The summed E-state index contributed by atoms with van der Waals surface area (Å²) in [6.07, 6.45) is 1.18. The number of hydrogen-bond donors (Lipinski definition) is 1. The maximum Gasteiger partial charge on any atom is 0.417 e. The van der Waals surface area contributed by atoms with E-state index in [0.29, 0.717) is 71.8 Å². The molecule has 2 aliphatic rings. The van der Waals surface area contributed by atoms with E-state index in [1.165, 1.54) is 0 Å². The molecule has 2 heterocycles. The van der Waals surface area contributed by atoms with Gasteiger partial charge in [0, 0.05) is 23.9 Å². The molecule has 0 radical (unpaired) electrons. The van der Waals surface area contributed by atoms with Crippen molar-refractivity contribution >= 4 is 27.4 Å². The molecule has 1 saturated heterocycles. The minimum Gasteiger partial charge on any atom is -0.410 e. The number of nitrogens with one attached hydrogen (secondary N) is 1. The molecule has 2 fully saturated rings. The summed E-state index contributed by atoms with van der Waals surface area (Å²) < 4.78 is 38.0. The molecule has 1 N–H and O–H groups in total. The van der Waals surface area contributed by atoms with Gasteiger partial charge in [-0.05, 0) is 74.7 Å². The second-order valence-corrected chi connectivity index (χ2v) is 12.9. The number of ether oxygens (including phenoxy) is 2. The molecule has 216 valence electrons. The number of amides is 1. The van der Waals surface area contributed by atoms with E-state index >= 15 is 0 Å². The molecule has 0 spiro atoms. The molecule has 6 rings (SSSR count). The number of carbonyl (C=O) groups is 1. The Balaban J connectivity index is 1.35. The van der Waals surface area contributed by atoms with E-state index in [4.69, 9.17) is 19.4 Å². The third-order valence-corrected chi connectivity index (χ3v) is 10.5. The first-order valence-corrected chi connectivity index (χ1v) is 15.5. The zero-order valence-electron chi connectivity index (χ0n) is 23.3. The van der Waals surface area contributed by atoms with E-state index in [0.717, 1.165) is 6.42 Å². The highest BCUT2D eigenvalue weighted by atomic mass is 32.2. The lowest BCUT2D eigenvalue weighted by Gasteiger charge is -2.41. The molecule has 3 aromatic carbocycles. The second-order valence-electron chi connectivity index (χ2n) is 10.6. The smallest absolute Gasteiger partial charge is 0.410 e. The first kappa shape index (κ1) is 27.9. The third kappa shape index (κ3) is 5.35. The minimum absolute atomic E-state index is 0.0691. The van der Waals surface area contributed by atoms with Crippen LogP contribution in [0.4, 0.5) is 16.3 Å². The predicted molar refractivity (Wildman–Crippen MR) is 160 cm³/mol. The van der Waals surface area contributed by atoms with Gasteiger partial charge in [0.1, 0.15) is 16.3 Å². The fourth-order valence-corrected chi connectivity index (χ4v) is 7.61. The molecule has 42 heavy (non-hydrogen) atoms. The summed E-state index contributed by atoms with van der Waals surface area (Å²) in [5.41, 5.74) is 1.75. The monoisotopic (exact) mass is 584 g/mol. The zero-order chi connectivity index (χ0) is 29.2. The first-order valence-electron chi connectivity index (χ1n) is 14.0. The van der Waals surface area contributed by atoms with Gasteiger partial charge in [0.15, 0.2) is 15.7 Å². The summed E-state index contributed by atoms with van der Waals surface area (Å²) in [6, 6.07) is 26.4. The molecule has 1 aliphatic carbocycles. The summed E-state index contributed by atoms with van der Waals surface area (Å²) in [4.78, 5) is 24.6. The topological polar surface area (TPSA) is 111 Å². The van der Waals surface area contributed by atoms with E-state index in [2.05, 4.69) is 17.1 Å². The van der Waals surface area contributed by atoms with Gasteiger partial charge < -0.3 is 14.4 Å². The summed E-state index contributed by atoms with van der Waals surface area (Å²) in [5.74, 6) is 1.54. The highest BCUT2D eigenvalue weighted by Crippen LogP contribution is 2.51. The van der Waals surface area contributed by atoms with Crippen LogP contribution < -0.4 is 15.0 Å². The van der Waals surface area contributed by atoms with Crippen LogP contribution in [0.15, 0.2) is 95.9 Å². The zero-order valence-corrected chi connectivity index (χ0v) is 24.1. The second kappa shape index (κ2) is 11.5. The molecule has 9 nitrogen and oxygen atoms in total. The summed E-state index contributed by atoms with van der Waals surface area (Å²) in [6.45, 7) is 3.82. The maximum atomic E-state index is 14.1. The van der Waals surface area contributed by atoms with Crippen molar-refractivity contribution in [3.63, 3.8) is 0 Å². The number of sulfone groups is 1. The van der Waals surface area contributed by atoms with Crippen LogP contribution in [0.25, 0.3) is 11.4 Å².